The molecule has 0 radical (unpaired) electrons. The van der Waals surface area contributed by atoms with Gasteiger partial charge in [0.25, 0.3) is 5.69 Å². The molecule has 0 aliphatic heterocycles. The van der Waals surface area contributed by atoms with Crippen LogP contribution in [0.15, 0.2) is 89.8 Å². The second-order valence-corrected chi connectivity index (χ2v) is 7.45. The van der Waals surface area contributed by atoms with Crippen molar-refractivity contribution in [3.63, 3.8) is 0 Å². The molecule has 0 saturated carbocycles. The van der Waals surface area contributed by atoms with Gasteiger partial charge in [-0.25, -0.2) is 5.01 Å². The third-order valence-corrected chi connectivity index (χ3v) is 5.14. The molecule has 0 unspecified atom stereocenters. The molecule has 29 heavy (non-hydrogen) atoms. The van der Waals surface area contributed by atoms with Crippen molar-refractivity contribution in [3.8, 4) is 0 Å². The molecular formula is C22H21N3O3S. The van der Waals surface area contributed by atoms with Crippen LogP contribution >= 0.6 is 11.8 Å². The van der Waals surface area contributed by atoms with Gasteiger partial charge in [0, 0.05) is 30.1 Å². The number of non-ortho nitro benzene ring substituents is 1. The highest BCUT2D eigenvalue weighted by molar-refractivity contribution is 8.00. The minimum absolute atomic E-state index is 0.0377. The van der Waals surface area contributed by atoms with Crippen LogP contribution in [0, 0.1) is 10.1 Å². The average Bonchev–Trinajstić information content (AvgIpc) is 2.74. The zero-order chi connectivity index (χ0) is 20.5. The Labute approximate surface area is 173 Å². The smallest absolute Gasteiger partial charge is 0.269 e. The Morgan fingerprint density at radius 1 is 0.862 bits per heavy atom. The van der Waals surface area contributed by atoms with Crippen LogP contribution in [0.25, 0.3) is 0 Å². The van der Waals surface area contributed by atoms with Gasteiger partial charge in [-0.1, -0.05) is 60.7 Å². The number of amides is 1. The fourth-order valence-corrected chi connectivity index (χ4v) is 3.46. The maximum absolute atomic E-state index is 12.5. The summed E-state index contributed by atoms with van der Waals surface area (Å²) < 4.78 is 0. The van der Waals surface area contributed by atoms with Crippen molar-refractivity contribution >= 4 is 23.4 Å². The Bertz CT molecular complexity index is 893. The lowest BCUT2D eigenvalue weighted by atomic mass is 10.2. The van der Waals surface area contributed by atoms with E-state index in [-0.39, 0.29) is 17.3 Å². The SMILES string of the molecule is O=C(CSc1ccc([N+](=O)[O-])cc1)NN(Cc1ccccc1)Cc1ccccc1. The van der Waals surface area contributed by atoms with Gasteiger partial charge in [0.15, 0.2) is 0 Å². The Kier molecular flexibility index (Phi) is 7.38. The van der Waals surface area contributed by atoms with E-state index in [1.165, 1.54) is 23.9 Å². The summed E-state index contributed by atoms with van der Waals surface area (Å²) in [5.41, 5.74) is 5.22. The normalized spacial score (nSPS) is 10.7. The molecule has 7 heteroatoms. The van der Waals surface area contributed by atoms with Crippen LogP contribution in [0.2, 0.25) is 0 Å². The summed E-state index contributed by atoms with van der Waals surface area (Å²) >= 11 is 1.34. The summed E-state index contributed by atoms with van der Waals surface area (Å²) in [5, 5.41) is 12.6. The number of thioether (sulfide) groups is 1. The minimum atomic E-state index is -0.438. The quantitative estimate of drug-likeness (QED) is 0.323. The lowest BCUT2D eigenvalue weighted by Crippen LogP contribution is -2.42. The summed E-state index contributed by atoms with van der Waals surface area (Å²) in [6, 6.07) is 26.1. The molecule has 148 valence electrons. The highest BCUT2D eigenvalue weighted by atomic mass is 32.2. The van der Waals surface area contributed by atoms with E-state index < -0.39 is 4.92 Å². The first-order chi connectivity index (χ1) is 14.1. The van der Waals surface area contributed by atoms with Crippen molar-refractivity contribution in [2.45, 2.75) is 18.0 Å². The minimum Gasteiger partial charge on any atom is -0.288 e. The maximum atomic E-state index is 12.5. The number of nitrogens with zero attached hydrogens (tertiary/aromatic N) is 2. The lowest BCUT2D eigenvalue weighted by Gasteiger charge is -2.23. The number of nitrogens with one attached hydrogen (secondary N) is 1. The summed E-state index contributed by atoms with van der Waals surface area (Å²) in [6.07, 6.45) is 0. The highest BCUT2D eigenvalue weighted by Crippen LogP contribution is 2.21. The zero-order valence-corrected chi connectivity index (χ0v) is 16.5. The van der Waals surface area contributed by atoms with Crippen LogP contribution in [0.1, 0.15) is 11.1 Å². The van der Waals surface area contributed by atoms with Crippen LogP contribution < -0.4 is 5.43 Å². The molecule has 0 aromatic heterocycles. The van der Waals surface area contributed by atoms with Gasteiger partial charge < -0.3 is 0 Å². The van der Waals surface area contributed by atoms with E-state index in [2.05, 4.69) is 5.43 Å². The summed E-state index contributed by atoms with van der Waals surface area (Å²) in [7, 11) is 0. The molecule has 0 aliphatic rings. The Hall–Kier alpha value is -3.16. The topological polar surface area (TPSA) is 75.5 Å². The van der Waals surface area contributed by atoms with Crippen molar-refractivity contribution in [1.29, 1.82) is 0 Å². The van der Waals surface area contributed by atoms with E-state index in [9.17, 15) is 14.9 Å². The van der Waals surface area contributed by atoms with Gasteiger partial charge >= 0.3 is 0 Å². The number of rotatable bonds is 9. The van der Waals surface area contributed by atoms with E-state index in [1.807, 2.05) is 65.7 Å². The van der Waals surface area contributed by atoms with Gasteiger partial charge in [0.05, 0.1) is 10.7 Å². The molecule has 0 aliphatic carbocycles. The van der Waals surface area contributed by atoms with E-state index >= 15 is 0 Å². The van der Waals surface area contributed by atoms with Gasteiger partial charge in [-0.3, -0.25) is 20.3 Å². The second kappa shape index (κ2) is 10.4. The molecule has 3 aromatic carbocycles. The Balaban J connectivity index is 1.59. The van der Waals surface area contributed by atoms with Crippen molar-refractivity contribution in [3.05, 3.63) is 106 Å². The lowest BCUT2D eigenvalue weighted by molar-refractivity contribution is -0.384. The zero-order valence-electron chi connectivity index (χ0n) is 15.7. The van der Waals surface area contributed by atoms with Gasteiger partial charge in [0.2, 0.25) is 5.91 Å². The van der Waals surface area contributed by atoms with E-state index in [1.54, 1.807) is 12.1 Å². The summed E-state index contributed by atoms with van der Waals surface area (Å²) in [5.74, 6) is 0.0953. The molecule has 6 nitrogen and oxygen atoms in total. The number of benzene rings is 3. The van der Waals surface area contributed by atoms with Gasteiger partial charge in [-0.05, 0) is 23.3 Å². The van der Waals surface area contributed by atoms with Crippen LogP contribution in [-0.2, 0) is 17.9 Å². The molecule has 0 fully saturated rings. The number of carbonyl (C=O) groups excluding carboxylic acids is 1. The number of hydrazine groups is 1. The maximum Gasteiger partial charge on any atom is 0.269 e. The predicted molar refractivity (Wildman–Crippen MR) is 114 cm³/mol. The third-order valence-electron chi connectivity index (χ3n) is 4.13. The molecule has 0 atom stereocenters. The van der Waals surface area contributed by atoms with E-state index in [4.69, 9.17) is 0 Å². The first-order valence-corrected chi connectivity index (χ1v) is 10.1. The number of hydrogen-bond donors (Lipinski definition) is 1. The number of carbonyl (C=O) groups is 1. The van der Waals surface area contributed by atoms with Crippen molar-refractivity contribution in [2.24, 2.45) is 0 Å². The molecule has 0 bridgehead atoms. The molecule has 0 heterocycles. The van der Waals surface area contributed by atoms with Crippen LogP contribution in [0.5, 0.6) is 0 Å². The van der Waals surface area contributed by atoms with Crippen LogP contribution in [0.3, 0.4) is 0 Å². The van der Waals surface area contributed by atoms with E-state index in [0.717, 1.165) is 16.0 Å². The molecule has 1 amide bonds. The van der Waals surface area contributed by atoms with Crippen molar-refractivity contribution in [1.82, 2.24) is 10.4 Å². The van der Waals surface area contributed by atoms with Gasteiger partial charge in [-0.15, -0.1) is 11.8 Å². The Morgan fingerprint density at radius 2 is 1.38 bits per heavy atom. The molecule has 3 rings (SSSR count). The summed E-state index contributed by atoms with van der Waals surface area (Å²) in [6.45, 7) is 1.17. The van der Waals surface area contributed by atoms with Gasteiger partial charge in [0.1, 0.15) is 0 Å². The number of hydrogen-bond acceptors (Lipinski definition) is 5. The van der Waals surface area contributed by atoms with Crippen molar-refractivity contribution in [2.75, 3.05) is 5.75 Å². The molecular weight excluding hydrogens is 386 g/mol. The fourth-order valence-electron chi connectivity index (χ4n) is 2.76. The highest BCUT2D eigenvalue weighted by Gasteiger charge is 2.12. The van der Waals surface area contributed by atoms with Crippen LogP contribution in [-0.4, -0.2) is 21.6 Å². The molecule has 0 spiro atoms. The molecule has 1 N–H and O–H groups in total. The molecule has 0 saturated heterocycles. The first-order valence-electron chi connectivity index (χ1n) is 9.10. The number of nitro groups is 1. The third kappa shape index (κ3) is 6.74. The fraction of sp³-hybridized carbons (Fsp3) is 0.136. The Morgan fingerprint density at radius 3 is 1.86 bits per heavy atom. The standard InChI is InChI=1S/C22H21N3O3S/c26-22(17-29-21-13-11-20(12-14-21)25(27)28)23-24(15-18-7-3-1-4-8-18)16-19-9-5-2-6-10-19/h1-14H,15-17H2,(H,23,26). The average molecular weight is 407 g/mol. The second-order valence-electron chi connectivity index (χ2n) is 6.40. The number of nitro benzene ring substituents is 1. The van der Waals surface area contributed by atoms with E-state index in [0.29, 0.717) is 13.1 Å². The van der Waals surface area contributed by atoms with Gasteiger partial charge in [-0.2, -0.15) is 0 Å². The monoisotopic (exact) mass is 407 g/mol. The van der Waals surface area contributed by atoms with Crippen molar-refractivity contribution < 1.29 is 9.72 Å². The molecule has 3 aromatic rings. The predicted octanol–water partition coefficient (Wildman–Crippen LogP) is 4.42. The first kappa shape index (κ1) is 20.6. The largest absolute Gasteiger partial charge is 0.288 e. The summed E-state index contributed by atoms with van der Waals surface area (Å²) in [4.78, 5) is 23.6. The van der Waals surface area contributed by atoms with Crippen LogP contribution in [0.4, 0.5) is 5.69 Å².